The molecule has 458 valence electrons. The minimum atomic E-state index is -0.657. The maximum Gasteiger partial charge on any atom is 0.305 e. The minimum Gasteiger partial charge on any atom is -0.466 e. The lowest BCUT2D eigenvalue weighted by molar-refractivity contribution is -0.143. The van der Waals surface area contributed by atoms with Crippen LogP contribution in [0.4, 0.5) is 0 Å². The Balaban J connectivity index is 3.27. The SMILES string of the molecule is CCCCCCCCC/C=C\CCCCCCCC(=O)OCCCCCCCCCCCCCCCCCCCCCCCCCCCCCCCCCCCCCC(=O)NC(CO)C(O)CCCCCCCCCCC. The summed E-state index contributed by atoms with van der Waals surface area (Å²) in [5.74, 6) is -0.0141. The average Bonchev–Trinajstić information content (AvgIpc) is 3.43. The molecule has 0 saturated carbocycles. The number of esters is 1. The summed E-state index contributed by atoms with van der Waals surface area (Å²) in [4.78, 5) is 24.5. The predicted molar refractivity (Wildman–Crippen MR) is 338 cm³/mol. The second-order valence-electron chi connectivity index (χ2n) is 24.6. The Morgan fingerprint density at radius 3 is 0.922 bits per heavy atom. The Labute approximate surface area is 482 Å². The fourth-order valence-electron chi connectivity index (χ4n) is 11.4. The van der Waals surface area contributed by atoms with Crippen molar-refractivity contribution >= 4 is 11.9 Å². The van der Waals surface area contributed by atoms with Crippen molar-refractivity contribution in [2.75, 3.05) is 13.2 Å². The summed E-state index contributed by atoms with van der Waals surface area (Å²) < 4.78 is 5.50. The molecular weight excluding hydrogens is 947 g/mol. The summed E-state index contributed by atoms with van der Waals surface area (Å²) in [6.45, 7) is 4.96. The van der Waals surface area contributed by atoms with Crippen LogP contribution in [0.25, 0.3) is 0 Å². The van der Waals surface area contributed by atoms with Gasteiger partial charge in [-0.05, 0) is 51.4 Å². The number of ether oxygens (including phenoxy) is 1. The van der Waals surface area contributed by atoms with Gasteiger partial charge in [0.1, 0.15) is 0 Å². The molecule has 0 aliphatic heterocycles. The Hall–Kier alpha value is -1.40. The van der Waals surface area contributed by atoms with Crippen LogP contribution < -0.4 is 5.32 Å². The molecule has 0 aliphatic rings. The normalized spacial score (nSPS) is 12.5. The molecule has 1 amide bonds. The van der Waals surface area contributed by atoms with Gasteiger partial charge in [-0.3, -0.25) is 9.59 Å². The van der Waals surface area contributed by atoms with Crippen molar-refractivity contribution in [3.8, 4) is 0 Å². The van der Waals surface area contributed by atoms with E-state index in [1.807, 2.05) is 0 Å². The van der Waals surface area contributed by atoms with E-state index in [0.29, 0.717) is 25.9 Å². The third-order valence-electron chi connectivity index (χ3n) is 16.8. The Morgan fingerprint density at radius 1 is 0.351 bits per heavy atom. The molecular formula is C71H139NO5. The molecule has 0 rings (SSSR count). The Bertz CT molecular complexity index is 1160. The lowest BCUT2D eigenvalue weighted by atomic mass is 10.0. The molecule has 3 N–H and O–H groups in total. The van der Waals surface area contributed by atoms with Gasteiger partial charge in [0.15, 0.2) is 0 Å². The molecule has 2 unspecified atom stereocenters. The van der Waals surface area contributed by atoms with Gasteiger partial charge in [-0.25, -0.2) is 0 Å². The van der Waals surface area contributed by atoms with E-state index in [9.17, 15) is 19.8 Å². The smallest absolute Gasteiger partial charge is 0.305 e. The number of hydrogen-bond acceptors (Lipinski definition) is 5. The first-order valence-corrected chi connectivity index (χ1v) is 35.4. The molecule has 2 atom stereocenters. The summed E-state index contributed by atoms with van der Waals surface area (Å²) in [5.41, 5.74) is 0. The zero-order valence-electron chi connectivity index (χ0n) is 52.5. The number of rotatable bonds is 67. The molecule has 0 saturated heterocycles. The third-order valence-corrected chi connectivity index (χ3v) is 16.8. The molecule has 0 fully saturated rings. The number of hydrogen-bond donors (Lipinski definition) is 3. The molecule has 0 aromatic carbocycles. The highest BCUT2D eigenvalue weighted by molar-refractivity contribution is 5.76. The predicted octanol–water partition coefficient (Wildman–Crippen LogP) is 22.8. The van der Waals surface area contributed by atoms with Crippen molar-refractivity contribution in [3.63, 3.8) is 0 Å². The molecule has 0 aromatic rings. The molecule has 0 bridgehead atoms. The van der Waals surface area contributed by atoms with Gasteiger partial charge in [-0.15, -0.1) is 0 Å². The van der Waals surface area contributed by atoms with Gasteiger partial charge in [-0.2, -0.15) is 0 Å². The summed E-state index contributed by atoms with van der Waals surface area (Å²) in [7, 11) is 0. The zero-order chi connectivity index (χ0) is 55.7. The monoisotopic (exact) mass is 1090 g/mol. The number of allylic oxidation sites excluding steroid dienone is 2. The molecule has 6 nitrogen and oxygen atoms in total. The van der Waals surface area contributed by atoms with Gasteiger partial charge in [0.05, 0.1) is 25.4 Å². The third kappa shape index (κ3) is 63.6. The number of nitrogens with one attached hydrogen (secondary N) is 1. The highest BCUT2D eigenvalue weighted by atomic mass is 16.5. The van der Waals surface area contributed by atoms with Crippen LogP contribution in [0, 0.1) is 0 Å². The maximum absolute atomic E-state index is 12.4. The summed E-state index contributed by atoms with van der Waals surface area (Å²) in [5, 5.41) is 23.1. The number of carbonyl (C=O) groups is 2. The van der Waals surface area contributed by atoms with Gasteiger partial charge in [0.2, 0.25) is 5.91 Å². The van der Waals surface area contributed by atoms with Crippen molar-refractivity contribution in [1.29, 1.82) is 0 Å². The van der Waals surface area contributed by atoms with Crippen LogP contribution in [0.5, 0.6) is 0 Å². The second kappa shape index (κ2) is 67.1. The number of aliphatic hydroxyl groups excluding tert-OH is 2. The topological polar surface area (TPSA) is 95.9 Å². The molecule has 0 aromatic heterocycles. The highest BCUT2D eigenvalue weighted by Gasteiger charge is 2.20. The highest BCUT2D eigenvalue weighted by Crippen LogP contribution is 2.19. The van der Waals surface area contributed by atoms with Crippen molar-refractivity contribution in [2.24, 2.45) is 0 Å². The number of carbonyl (C=O) groups excluding carboxylic acids is 2. The fraction of sp³-hybridized carbons (Fsp3) is 0.944. The zero-order valence-corrected chi connectivity index (χ0v) is 52.5. The van der Waals surface area contributed by atoms with Crippen LogP contribution in [-0.4, -0.2) is 47.4 Å². The van der Waals surface area contributed by atoms with E-state index in [4.69, 9.17) is 4.74 Å². The Morgan fingerprint density at radius 2 is 0.610 bits per heavy atom. The molecule has 0 radical (unpaired) electrons. The van der Waals surface area contributed by atoms with E-state index in [0.717, 1.165) is 44.9 Å². The van der Waals surface area contributed by atoms with E-state index < -0.39 is 12.1 Å². The summed E-state index contributed by atoms with van der Waals surface area (Å²) in [6.07, 6.45) is 82.9. The van der Waals surface area contributed by atoms with Crippen molar-refractivity contribution in [1.82, 2.24) is 5.32 Å². The molecule has 77 heavy (non-hydrogen) atoms. The number of aliphatic hydroxyl groups is 2. The minimum absolute atomic E-state index is 0.0159. The van der Waals surface area contributed by atoms with E-state index in [1.54, 1.807) is 0 Å². The molecule has 6 heteroatoms. The first kappa shape index (κ1) is 75.6. The van der Waals surface area contributed by atoms with Crippen LogP contribution in [0.1, 0.15) is 406 Å². The fourth-order valence-corrected chi connectivity index (χ4v) is 11.4. The van der Waals surface area contributed by atoms with E-state index in [1.165, 1.54) is 327 Å². The number of unbranched alkanes of at least 4 members (excludes halogenated alkanes) is 54. The number of amides is 1. The second-order valence-corrected chi connectivity index (χ2v) is 24.6. The largest absolute Gasteiger partial charge is 0.466 e. The first-order valence-electron chi connectivity index (χ1n) is 35.4. The molecule has 0 aliphatic carbocycles. The van der Waals surface area contributed by atoms with Gasteiger partial charge in [0, 0.05) is 12.8 Å². The van der Waals surface area contributed by atoms with Crippen LogP contribution in [0.3, 0.4) is 0 Å². The van der Waals surface area contributed by atoms with Crippen molar-refractivity contribution in [3.05, 3.63) is 12.2 Å². The van der Waals surface area contributed by atoms with Gasteiger partial charge < -0.3 is 20.3 Å². The van der Waals surface area contributed by atoms with Crippen molar-refractivity contribution in [2.45, 2.75) is 418 Å². The molecule has 0 spiro atoms. The quantitative estimate of drug-likeness (QED) is 0.0320. The lowest BCUT2D eigenvalue weighted by Gasteiger charge is -2.22. The average molecular weight is 1090 g/mol. The van der Waals surface area contributed by atoms with Crippen LogP contribution in [0.15, 0.2) is 12.2 Å². The van der Waals surface area contributed by atoms with Crippen LogP contribution in [0.2, 0.25) is 0 Å². The standard InChI is InChI=1S/C71H139NO5/c1-3-5-7-9-11-13-14-15-16-39-42-45-49-53-57-61-65-71(76)77-66-62-58-54-50-46-43-40-37-35-33-31-29-27-25-23-21-19-17-18-20-22-24-26-28-30-32-34-36-38-41-44-48-52-56-60-64-70(75)72-68(67-73)69(74)63-59-55-51-47-12-10-8-6-4-2/h16,39,68-69,73-74H,3-15,17-38,40-67H2,1-2H3,(H,72,75)/b39-16-. The van der Waals surface area contributed by atoms with E-state index in [-0.39, 0.29) is 18.5 Å². The molecule has 0 heterocycles. The van der Waals surface area contributed by atoms with E-state index >= 15 is 0 Å². The van der Waals surface area contributed by atoms with E-state index in [2.05, 4.69) is 31.3 Å². The van der Waals surface area contributed by atoms with Gasteiger partial charge >= 0.3 is 5.97 Å². The van der Waals surface area contributed by atoms with Crippen LogP contribution >= 0.6 is 0 Å². The van der Waals surface area contributed by atoms with Gasteiger partial charge in [0.25, 0.3) is 0 Å². The summed E-state index contributed by atoms with van der Waals surface area (Å²) in [6, 6.07) is -0.534. The first-order chi connectivity index (χ1) is 38.0. The lowest BCUT2D eigenvalue weighted by Crippen LogP contribution is -2.45. The van der Waals surface area contributed by atoms with Crippen molar-refractivity contribution < 1.29 is 24.5 Å². The summed E-state index contributed by atoms with van der Waals surface area (Å²) >= 11 is 0. The maximum atomic E-state index is 12.4. The Kier molecular flexibility index (Phi) is 65.9. The van der Waals surface area contributed by atoms with Crippen LogP contribution in [-0.2, 0) is 14.3 Å². The van der Waals surface area contributed by atoms with Gasteiger partial charge in [-0.1, -0.05) is 353 Å².